The molecule has 1 aromatic carbocycles. The lowest BCUT2D eigenvalue weighted by Gasteiger charge is -2.37. The zero-order chi connectivity index (χ0) is 21.0. The van der Waals surface area contributed by atoms with Crippen molar-refractivity contribution in [2.45, 2.75) is 34.1 Å². The molecule has 0 spiro atoms. The number of carbonyl (C=O) groups is 2. The van der Waals surface area contributed by atoms with Crippen molar-refractivity contribution in [1.29, 1.82) is 0 Å². The fraction of sp³-hybridized carbons (Fsp3) is 0.500. The Kier molecular flexibility index (Phi) is 6.90. The van der Waals surface area contributed by atoms with Gasteiger partial charge < -0.3 is 14.7 Å². The molecule has 0 saturated carbocycles. The zero-order valence-corrected chi connectivity index (χ0v) is 18.6. The minimum Gasteiger partial charge on any atom is -0.334 e. The van der Waals surface area contributed by atoms with Crippen molar-refractivity contribution in [1.82, 2.24) is 19.7 Å². The van der Waals surface area contributed by atoms with Gasteiger partial charge in [0.2, 0.25) is 0 Å². The molecular weight excluding hydrogens is 384 g/mol. The summed E-state index contributed by atoms with van der Waals surface area (Å²) in [6.45, 7) is 11.7. The number of hydrogen-bond donors (Lipinski definition) is 0. The molecule has 6 nitrogen and oxygen atoms in total. The molecule has 0 radical (unpaired) electrons. The van der Waals surface area contributed by atoms with E-state index in [0.717, 1.165) is 22.7 Å². The smallest absolute Gasteiger partial charge is 0.320 e. The lowest BCUT2D eigenvalue weighted by atomic mass is 10.1. The van der Waals surface area contributed by atoms with Gasteiger partial charge in [-0.2, -0.15) is 0 Å². The van der Waals surface area contributed by atoms with Crippen molar-refractivity contribution in [2.75, 3.05) is 39.3 Å². The van der Waals surface area contributed by atoms with Gasteiger partial charge in [-0.3, -0.25) is 4.79 Å². The van der Waals surface area contributed by atoms with Crippen molar-refractivity contribution in [3.63, 3.8) is 0 Å². The summed E-state index contributed by atoms with van der Waals surface area (Å²) in [5.41, 5.74) is 3.11. The maximum atomic E-state index is 13.1. The van der Waals surface area contributed by atoms with Gasteiger partial charge in [0.1, 0.15) is 9.88 Å². The lowest BCUT2D eigenvalue weighted by molar-refractivity contribution is 0.0645. The second-order valence-corrected chi connectivity index (χ2v) is 8.22. The number of thiazole rings is 1. The van der Waals surface area contributed by atoms with Gasteiger partial charge in [-0.15, -0.1) is 11.3 Å². The second kappa shape index (κ2) is 9.39. The van der Waals surface area contributed by atoms with Crippen molar-refractivity contribution >= 4 is 23.3 Å². The van der Waals surface area contributed by atoms with Crippen LogP contribution in [-0.2, 0) is 6.42 Å². The Balaban J connectivity index is 1.67. The van der Waals surface area contributed by atoms with E-state index in [1.165, 1.54) is 16.9 Å². The van der Waals surface area contributed by atoms with Gasteiger partial charge in [0.05, 0.1) is 5.69 Å². The van der Waals surface area contributed by atoms with Crippen molar-refractivity contribution < 1.29 is 9.59 Å². The number of rotatable bonds is 5. The first-order valence-electron chi connectivity index (χ1n) is 10.4. The summed E-state index contributed by atoms with van der Waals surface area (Å²) >= 11 is 1.46. The second-order valence-electron chi connectivity index (χ2n) is 7.22. The van der Waals surface area contributed by atoms with Gasteiger partial charge in [0.15, 0.2) is 0 Å². The molecule has 0 aliphatic carbocycles. The quantitative estimate of drug-likeness (QED) is 0.746. The number of hydrogen-bond acceptors (Lipinski definition) is 4. The number of aromatic nitrogens is 1. The molecule has 29 heavy (non-hydrogen) atoms. The first kappa shape index (κ1) is 21.3. The molecule has 0 unspecified atom stereocenters. The highest BCUT2D eigenvalue weighted by molar-refractivity contribution is 7.17. The lowest BCUT2D eigenvalue weighted by Crippen LogP contribution is -2.54. The molecule has 1 fully saturated rings. The highest BCUT2D eigenvalue weighted by Gasteiger charge is 2.28. The first-order chi connectivity index (χ1) is 14.0. The number of nitrogens with zero attached hydrogens (tertiary/aromatic N) is 4. The van der Waals surface area contributed by atoms with Gasteiger partial charge in [-0.1, -0.05) is 31.2 Å². The number of piperazine rings is 1. The Hall–Kier alpha value is -2.41. The number of urea groups is 1. The molecule has 2 heterocycles. The number of benzene rings is 1. The third-order valence-corrected chi connectivity index (χ3v) is 6.67. The summed E-state index contributed by atoms with van der Waals surface area (Å²) in [4.78, 5) is 36.4. The van der Waals surface area contributed by atoms with E-state index in [2.05, 4.69) is 36.2 Å². The molecule has 1 saturated heterocycles. The molecule has 2 aromatic rings. The van der Waals surface area contributed by atoms with E-state index >= 15 is 0 Å². The Morgan fingerprint density at radius 2 is 1.59 bits per heavy atom. The first-order valence-corrected chi connectivity index (χ1v) is 11.2. The fourth-order valence-corrected chi connectivity index (χ4v) is 4.58. The fourth-order valence-electron chi connectivity index (χ4n) is 3.54. The third-order valence-electron chi connectivity index (χ3n) is 5.47. The topological polar surface area (TPSA) is 56.8 Å². The van der Waals surface area contributed by atoms with Crippen LogP contribution in [0.2, 0.25) is 0 Å². The minimum absolute atomic E-state index is 0.0198. The standard InChI is InChI=1S/C22H30N4O2S/c1-5-17-8-10-18(11-9-17)20-23-16(4)19(29-20)21(27)25-12-14-26(15-13-25)22(28)24(6-2)7-3/h8-11H,5-7,12-15H2,1-4H3. The Labute approximate surface area is 177 Å². The van der Waals surface area contributed by atoms with Gasteiger partial charge in [0.25, 0.3) is 5.91 Å². The van der Waals surface area contributed by atoms with Crippen LogP contribution in [0.3, 0.4) is 0 Å². The van der Waals surface area contributed by atoms with Crippen molar-refractivity contribution in [3.05, 3.63) is 40.4 Å². The Morgan fingerprint density at radius 1 is 1.00 bits per heavy atom. The molecule has 0 bridgehead atoms. The molecule has 3 rings (SSSR count). The van der Waals surface area contributed by atoms with Crippen LogP contribution in [0.1, 0.15) is 41.7 Å². The van der Waals surface area contributed by atoms with E-state index in [0.29, 0.717) is 44.1 Å². The van der Waals surface area contributed by atoms with Crippen LogP contribution in [-0.4, -0.2) is 70.9 Å². The Bertz CT molecular complexity index is 850. The van der Waals surface area contributed by atoms with Crippen molar-refractivity contribution in [2.24, 2.45) is 0 Å². The Morgan fingerprint density at radius 3 is 2.14 bits per heavy atom. The SMILES string of the molecule is CCc1ccc(-c2nc(C)c(C(=O)N3CCN(C(=O)N(CC)CC)CC3)s2)cc1. The summed E-state index contributed by atoms with van der Waals surface area (Å²) in [6.07, 6.45) is 1.00. The monoisotopic (exact) mass is 414 g/mol. The molecule has 1 aliphatic rings. The van der Waals surface area contributed by atoms with Crippen LogP contribution in [0.15, 0.2) is 24.3 Å². The number of amides is 3. The average Bonchev–Trinajstić information content (AvgIpc) is 3.15. The molecular formula is C22H30N4O2S. The van der Waals surface area contributed by atoms with E-state index in [-0.39, 0.29) is 11.9 Å². The van der Waals surface area contributed by atoms with Crippen LogP contribution in [0.5, 0.6) is 0 Å². The van der Waals surface area contributed by atoms with E-state index in [9.17, 15) is 9.59 Å². The summed E-state index contributed by atoms with van der Waals surface area (Å²) in [5.74, 6) is 0.0198. The van der Waals surface area contributed by atoms with Crippen LogP contribution in [0.25, 0.3) is 10.6 Å². The maximum Gasteiger partial charge on any atom is 0.320 e. The predicted octanol–water partition coefficient (Wildman–Crippen LogP) is 3.90. The molecule has 7 heteroatoms. The van der Waals surface area contributed by atoms with Gasteiger partial charge in [-0.25, -0.2) is 9.78 Å². The minimum atomic E-state index is 0.0198. The van der Waals surface area contributed by atoms with Gasteiger partial charge in [-0.05, 0) is 32.8 Å². The van der Waals surface area contributed by atoms with Crippen LogP contribution >= 0.6 is 11.3 Å². The molecule has 156 valence electrons. The van der Waals surface area contributed by atoms with Gasteiger partial charge >= 0.3 is 6.03 Å². The number of aryl methyl sites for hydroxylation is 2. The van der Waals surface area contributed by atoms with Crippen LogP contribution in [0.4, 0.5) is 4.79 Å². The highest BCUT2D eigenvalue weighted by atomic mass is 32.1. The van der Waals surface area contributed by atoms with E-state index < -0.39 is 0 Å². The summed E-state index contributed by atoms with van der Waals surface area (Å²) in [5, 5.41) is 0.879. The average molecular weight is 415 g/mol. The predicted molar refractivity (Wildman–Crippen MR) is 117 cm³/mol. The molecule has 1 aromatic heterocycles. The third kappa shape index (κ3) is 4.61. The largest absolute Gasteiger partial charge is 0.334 e. The van der Waals surface area contributed by atoms with E-state index in [1.54, 1.807) is 0 Å². The van der Waals surface area contributed by atoms with E-state index in [4.69, 9.17) is 0 Å². The van der Waals surface area contributed by atoms with Crippen LogP contribution < -0.4 is 0 Å². The van der Waals surface area contributed by atoms with E-state index in [1.807, 2.05) is 35.5 Å². The summed E-state index contributed by atoms with van der Waals surface area (Å²) < 4.78 is 0. The molecule has 1 aliphatic heterocycles. The molecule has 0 atom stereocenters. The van der Waals surface area contributed by atoms with Crippen LogP contribution in [0, 0.1) is 6.92 Å². The highest BCUT2D eigenvalue weighted by Crippen LogP contribution is 2.29. The zero-order valence-electron chi connectivity index (χ0n) is 17.8. The van der Waals surface area contributed by atoms with Crippen molar-refractivity contribution in [3.8, 4) is 10.6 Å². The number of carbonyl (C=O) groups excluding carboxylic acids is 2. The summed E-state index contributed by atoms with van der Waals surface area (Å²) in [6, 6.07) is 8.43. The summed E-state index contributed by atoms with van der Waals surface area (Å²) in [7, 11) is 0. The maximum absolute atomic E-state index is 13.1. The molecule has 0 N–H and O–H groups in total. The molecule has 3 amide bonds. The normalized spacial score (nSPS) is 14.2. The van der Waals surface area contributed by atoms with Gasteiger partial charge in [0, 0.05) is 44.8 Å².